The first-order valence-electron chi connectivity index (χ1n) is 10.7. The van der Waals surface area contributed by atoms with Gasteiger partial charge >= 0.3 is 5.88 Å². The molecule has 1 atom stereocenters. The number of hydrogen-bond acceptors (Lipinski definition) is 4. The van der Waals surface area contributed by atoms with Gasteiger partial charge in [-0.25, -0.2) is 0 Å². The number of rotatable bonds is 7. The van der Waals surface area contributed by atoms with Crippen LogP contribution >= 0.6 is 0 Å². The number of carbonyl (C=O) groups is 1. The smallest absolute Gasteiger partial charge is 0.293 e. The third-order valence-electron chi connectivity index (χ3n) is 5.64. The monoisotopic (exact) mass is 405 g/mol. The molecule has 2 aromatic carbocycles. The highest BCUT2D eigenvalue weighted by Gasteiger charge is 2.32. The largest absolute Gasteiger partial charge is 0.307 e. The Morgan fingerprint density at radius 2 is 1.73 bits per heavy atom. The molecule has 1 aromatic heterocycles. The molecule has 1 aliphatic rings. The Morgan fingerprint density at radius 1 is 1.07 bits per heavy atom. The number of amides is 1. The molecule has 4 rings (SSSR count). The van der Waals surface area contributed by atoms with E-state index in [0.717, 1.165) is 25.2 Å². The minimum absolute atomic E-state index is 0.110. The number of anilines is 1. The van der Waals surface area contributed by atoms with Crippen molar-refractivity contribution >= 4 is 11.8 Å². The Bertz CT molecular complexity index is 950. The molecule has 30 heavy (non-hydrogen) atoms. The van der Waals surface area contributed by atoms with E-state index in [1.165, 1.54) is 24.8 Å². The van der Waals surface area contributed by atoms with Crippen LogP contribution in [0.3, 0.4) is 0 Å². The van der Waals surface area contributed by atoms with Gasteiger partial charge in [-0.05, 0) is 48.3 Å². The van der Waals surface area contributed by atoms with E-state index in [0.29, 0.717) is 18.0 Å². The Hall–Kier alpha value is -2.99. The maximum atomic E-state index is 12.7. The molecule has 1 unspecified atom stereocenters. The summed E-state index contributed by atoms with van der Waals surface area (Å²) in [6, 6.07) is 19.7. The van der Waals surface area contributed by atoms with Gasteiger partial charge in [0.05, 0.1) is 6.54 Å². The minimum atomic E-state index is -0.186. The first-order valence-corrected chi connectivity index (χ1v) is 10.7. The Kier molecular flexibility index (Phi) is 6.54. The molecule has 1 fully saturated rings. The van der Waals surface area contributed by atoms with Crippen molar-refractivity contribution < 1.29 is 14.0 Å². The fourth-order valence-electron chi connectivity index (χ4n) is 4.01. The van der Waals surface area contributed by atoms with Crippen LogP contribution in [0.5, 0.6) is 0 Å². The van der Waals surface area contributed by atoms with Crippen molar-refractivity contribution in [3.63, 3.8) is 0 Å². The second kappa shape index (κ2) is 9.67. The zero-order valence-corrected chi connectivity index (χ0v) is 17.5. The molecule has 2 heterocycles. The van der Waals surface area contributed by atoms with Crippen molar-refractivity contribution in [1.29, 1.82) is 0 Å². The lowest BCUT2D eigenvalue weighted by Crippen LogP contribution is -2.46. The van der Waals surface area contributed by atoms with Crippen LogP contribution in [0.1, 0.15) is 53.8 Å². The molecule has 0 spiro atoms. The first kappa shape index (κ1) is 20.3. The highest BCUT2D eigenvalue weighted by molar-refractivity contribution is 6.03. The third kappa shape index (κ3) is 4.94. The molecule has 0 bridgehead atoms. The van der Waals surface area contributed by atoms with E-state index >= 15 is 0 Å². The maximum Gasteiger partial charge on any atom is 0.307 e. The van der Waals surface area contributed by atoms with E-state index in [1.807, 2.05) is 28.9 Å². The summed E-state index contributed by atoms with van der Waals surface area (Å²) in [5.41, 5.74) is 2.77. The van der Waals surface area contributed by atoms with E-state index in [2.05, 4.69) is 46.7 Å². The Balaban J connectivity index is 1.58. The number of likely N-dealkylation sites (tertiary alicyclic amines) is 1. The number of piperidine rings is 1. The number of carbonyl (C=O) groups excluding carboxylic acids is 1. The van der Waals surface area contributed by atoms with Crippen LogP contribution in [-0.4, -0.2) is 29.2 Å². The molecule has 6 heteroatoms. The van der Waals surface area contributed by atoms with E-state index < -0.39 is 0 Å². The Morgan fingerprint density at radius 3 is 2.43 bits per heavy atom. The Labute approximate surface area is 177 Å². The molecule has 0 radical (unpaired) electrons. The van der Waals surface area contributed by atoms with Gasteiger partial charge in [-0.2, -0.15) is 0 Å². The van der Waals surface area contributed by atoms with Gasteiger partial charge in [-0.1, -0.05) is 55.0 Å². The fraction of sp³-hybridized carbons (Fsp3) is 0.375. The standard InChI is InChI=1S/C24H28N4O2/c1-19(17-20-11-5-2-6-12-20)28-22(18-27-15-9-4-10-16-27)24(30-26-28)25-23(29)21-13-7-3-8-14-21/h2-3,5-8,11-14,19H,4,9-10,15-18H2,1H3/p+1. The van der Waals surface area contributed by atoms with Crippen LogP contribution < -0.4 is 10.00 Å². The van der Waals surface area contributed by atoms with Crippen molar-refractivity contribution in [1.82, 2.24) is 10.2 Å². The topological polar surface area (TPSA) is 62.2 Å². The fourth-order valence-corrected chi connectivity index (χ4v) is 4.01. The van der Waals surface area contributed by atoms with Gasteiger partial charge in [-0.15, -0.1) is 0 Å². The van der Waals surface area contributed by atoms with E-state index in [-0.39, 0.29) is 11.9 Å². The number of nitrogens with zero attached hydrogens (tertiary/aromatic N) is 3. The summed E-state index contributed by atoms with van der Waals surface area (Å²) in [5.74, 6) is 0.254. The van der Waals surface area contributed by atoms with Gasteiger partial charge in [0, 0.05) is 18.9 Å². The predicted octanol–water partition coefficient (Wildman–Crippen LogP) is 4.00. The minimum Gasteiger partial charge on any atom is -0.293 e. The average Bonchev–Trinajstić information content (AvgIpc) is 3.18. The van der Waals surface area contributed by atoms with Crippen LogP contribution in [-0.2, 0) is 13.0 Å². The molecule has 1 saturated heterocycles. The van der Waals surface area contributed by atoms with Crippen LogP contribution in [0, 0.1) is 0 Å². The number of hydrogen-bond donors (Lipinski definition) is 1. The zero-order valence-electron chi connectivity index (χ0n) is 17.5. The van der Waals surface area contributed by atoms with E-state index in [1.54, 1.807) is 12.1 Å². The molecule has 0 aliphatic carbocycles. The third-order valence-corrected chi connectivity index (χ3v) is 5.64. The van der Waals surface area contributed by atoms with Crippen molar-refractivity contribution in [2.75, 3.05) is 18.4 Å². The van der Waals surface area contributed by atoms with Gasteiger partial charge in [0.25, 0.3) is 11.6 Å². The van der Waals surface area contributed by atoms with Crippen LogP contribution in [0.25, 0.3) is 0 Å². The summed E-state index contributed by atoms with van der Waals surface area (Å²) in [5, 5.41) is 7.26. The first-order chi connectivity index (χ1) is 14.7. The van der Waals surface area contributed by atoms with Gasteiger partial charge in [0.1, 0.15) is 0 Å². The molecule has 3 aromatic rings. The molecular formula is C24H29N4O2+. The van der Waals surface area contributed by atoms with Crippen molar-refractivity contribution in [2.45, 2.75) is 45.2 Å². The molecule has 1 amide bonds. The summed E-state index contributed by atoms with van der Waals surface area (Å²) >= 11 is 0. The van der Waals surface area contributed by atoms with Crippen LogP contribution in [0.2, 0.25) is 0 Å². The summed E-state index contributed by atoms with van der Waals surface area (Å²) in [6.07, 6.45) is 4.53. The number of nitrogens with one attached hydrogen (secondary N) is 1. The predicted molar refractivity (Wildman–Crippen MR) is 115 cm³/mol. The van der Waals surface area contributed by atoms with E-state index in [4.69, 9.17) is 4.52 Å². The van der Waals surface area contributed by atoms with Crippen LogP contribution in [0.15, 0.2) is 65.2 Å². The molecule has 6 nitrogen and oxygen atoms in total. The molecule has 1 aliphatic heterocycles. The number of aromatic nitrogens is 2. The molecular weight excluding hydrogens is 376 g/mol. The van der Waals surface area contributed by atoms with Crippen molar-refractivity contribution in [3.8, 4) is 0 Å². The summed E-state index contributed by atoms with van der Waals surface area (Å²) in [6.45, 7) is 4.97. The summed E-state index contributed by atoms with van der Waals surface area (Å²) < 4.78 is 7.58. The second-order valence-corrected chi connectivity index (χ2v) is 7.99. The van der Waals surface area contributed by atoms with Gasteiger partial charge in [0.2, 0.25) is 5.27 Å². The summed E-state index contributed by atoms with van der Waals surface area (Å²) in [4.78, 5) is 15.1. The highest BCUT2D eigenvalue weighted by Crippen LogP contribution is 2.20. The molecule has 156 valence electrons. The van der Waals surface area contributed by atoms with E-state index in [9.17, 15) is 4.79 Å². The molecule has 0 saturated carbocycles. The van der Waals surface area contributed by atoms with Crippen molar-refractivity contribution in [3.05, 3.63) is 77.5 Å². The summed E-state index contributed by atoms with van der Waals surface area (Å²) in [7, 11) is 0. The normalized spacial score (nSPS) is 15.6. The average molecular weight is 406 g/mol. The molecule has 1 N–H and O–H groups in total. The van der Waals surface area contributed by atoms with Gasteiger partial charge < -0.3 is 0 Å². The second-order valence-electron chi connectivity index (χ2n) is 7.99. The zero-order chi connectivity index (χ0) is 20.8. The van der Waals surface area contributed by atoms with Crippen molar-refractivity contribution in [2.24, 2.45) is 0 Å². The SMILES string of the molecule is CC(Cc1ccccc1)[n+]1noc(NC(=O)c2ccccc2)c1CN1CCCCC1. The maximum absolute atomic E-state index is 12.7. The lowest BCUT2D eigenvalue weighted by atomic mass is 10.1. The quantitative estimate of drug-likeness (QED) is 0.604. The lowest BCUT2D eigenvalue weighted by Gasteiger charge is -2.24. The van der Waals surface area contributed by atoms with Crippen LogP contribution in [0.4, 0.5) is 5.88 Å². The van der Waals surface area contributed by atoms with Gasteiger partial charge in [-0.3, -0.25) is 19.5 Å². The number of benzene rings is 2. The van der Waals surface area contributed by atoms with Gasteiger partial charge in [0.15, 0.2) is 6.04 Å². The highest BCUT2D eigenvalue weighted by atomic mass is 16.5. The lowest BCUT2D eigenvalue weighted by molar-refractivity contribution is -0.788.